The number of carbonyl (C=O) groups is 1. The fourth-order valence-corrected chi connectivity index (χ4v) is 1.73. The fraction of sp³-hybridized carbons (Fsp3) is 0.267. The second kappa shape index (κ2) is 6.77. The minimum absolute atomic E-state index is 0.345. The topological polar surface area (TPSA) is 39.4 Å². The molecule has 0 atom stereocenters. The lowest BCUT2D eigenvalue weighted by molar-refractivity contribution is 0.0998. The molecular formula is C15H16O3. The van der Waals surface area contributed by atoms with E-state index in [9.17, 15) is 4.79 Å². The largest absolute Gasteiger partial charge is 0.456 e. The molecule has 1 aromatic heterocycles. The van der Waals surface area contributed by atoms with Crippen LogP contribution >= 0.6 is 0 Å². The van der Waals surface area contributed by atoms with Crippen molar-refractivity contribution >= 4 is 6.29 Å². The molecule has 0 saturated carbocycles. The number of carbonyl (C=O) groups excluding carboxylic acids is 1. The smallest absolute Gasteiger partial charge is 0.185 e. The lowest BCUT2D eigenvalue weighted by Crippen LogP contribution is -1.96. The average Bonchev–Trinajstić information content (AvgIpc) is 2.87. The molecule has 0 unspecified atom stereocenters. The summed E-state index contributed by atoms with van der Waals surface area (Å²) in [5.74, 6) is 1.04. The van der Waals surface area contributed by atoms with Gasteiger partial charge in [0.1, 0.15) is 12.4 Å². The maximum Gasteiger partial charge on any atom is 0.185 e. The molecule has 0 aliphatic heterocycles. The van der Waals surface area contributed by atoms with Crippen LogP contribution in [-0.4, -0.2) is 12.9 Å². The van der Waals surface area contributed by atoms with Gasteiger partial charge in [-0.25, -0.2) is 0 Å². The van der Waals surface area contributed by atoms with Crippen LogP contribution in [0.2, 0.25) is 0 Å². The van der Waals surface area contributed by atoms with Crippen LogP contribution in [-0.2, 0) is 17.8 Å². The highest BCUT2D eigenvalue weighted by molar-refractivity contribution is 5.70. The third-order valence-electron chi connectivity index (χ3n) is 2.64. The molecule has 1 aromatic carbocycles. The minimum Gasteiger partial charge on any atom is -0.456 e. The van der Waals surface area contributed by atoms with Crippen LogP contribution in [0.15, 0.2) is 46.9 Å². The highest BCUT2D eigenvalue weighted by atomic mass is 16.5. The molecule has 0 amide bonds. The van der Waals surface area contributed by atoms with E-state index in [0.717, 1.165) is 12.8 Å². The van der Waals surface area contributed by atoms with E-state index < -0.39 is 0 Å². The summed E-state index contributed by atoms with van der Waals surface area (Å²) in [6, 6.07) is 13.7. The third kappa shape index (κ3) is 3.86. The molecule has 0 bridgehead atoms. The van der Waals surface area contributed by atoms with Crippen LogP contribution in [0.5, 0.6) is 0 Å². The molecule has 0 aliphatic carbocycles. The van der Waals surface area contributed by atoms with E-state index in [0.29, 0.717) is 31.0 Å². The van der Waals surface area contributed by atoms with Crippen LogP contribution in [0.1, 0.15) is 28.3 Å². The number of aryl methyl sites for hydroxylation is 1. The second-order valence-corrected chi connectivity index (χ2v) is 4.06. The Morgan fingerprint density at radius 3 is 2.67 bits per heavy atom. The predicted octanol–water partition coefficient (Wildman–Crippen LogP) is 3.24. The molecule has 94 valence electrons. The van der Waals surface area contributed by atoms with Crippen molar-refractivity contribution < 1.29 is 13.9 Å². The van der Waals surface area contributed by atoms with Crippen LogP contribution in [0, 0.1) is 0 Å². The maximum atomic E-state index is 10.4. The number of hydrogen-bond acceptors (Lipinski definition) is 3. The van der Waals surface area contributed by atoms with Gasteiger partial charge in [0, 0.05) is 6.61 Å². The van der Waals surface area contributed by atoms with Crippen molar-refractivity contribution in [3.05, 3.63) is 59.5 Å². The Kier molecular flexibility index (Phi) is 4.73. The molecule has 3 heteroatoms. The molecule has 2 rings (SSSR count). The maximum absolute atomic E-state index is 10.4. The average molecular weight is 244 g/mol. The molecular weight excluding hydrogens is 228 g/mol. The first kappa shape index (κ1) is 12.6. The van der Waals surface area contributed by atoms with Gasteiger partial charge in [-0.2, -0.15) is 0 Å². The van der Waals surface area contributed by atoms with Gasteiger partial charge in [0.25, 0.3) is 0 Å². The summed E-state index contributed by atoms with van der Waals surface area (Å²) >= 11 is 0. The number of hydrogen-bond donors (Lipinski definition) is 0. The molecule has 1 heterocycles. The summed E-state index contributed by atoms with van der Waals surface area (Å²) in [7, 11) is 0. The van der Waals surface area contributed by atoms with Gasteiger partial charge >= 0.3 is 0 Å². The summed E-state index contributed by atoms with van der Waals surface area (Å²) in [5, 5.41) is 0. The Hall–Kier alpha value is -1.87. The number of benzene rings is 1. The van der Waals surface area contributed by atoms with Gasteiger partial charge in [0.2, 0.25) is 0 Å². The van der Waals surface area contributed by atoms with Crippen molar-refractivity contribution in [2.75, 3.05) is 6.61 Å². The lowest BCUT2D eigenvalue weighted by Gasteiger charge is -2.02. The van der Waals surface area contributed by atoms with Crippen molar-refractivity contribution in [1.82, 2.24) is 0 Å². The Morgan fingerprint density at radius 2 is 1.94 bits per heavy atom. The van der Waals surface area contributed by atoms with Gasteiger partial charge < -0.3 is 9.15 Å². The van der Waals surface area contributed by atoms with E-state index in [1.807, 2.05) is 18.2 Å². The Labute approximate surface area is 106 Å². The monoisotopic (exact) mass is 244 g/mol. The molecule has 3 nitrogen and oxygen atoms in total. The van der Waals surface area contributed by atoms with E-state index in [4.69, 9.17) is 9.15 Å². The predicted molar refractivity (Wildman–Crippen MR) is 68.5 cm³/mol. The van der Waals surface area contributed by atoms with Gasteiger partial charge in [-0.3, -0.25) is 4.79 Å². The Balaban J connectivity index is 1.63. The zero-order chi connectivity index (χ0) is 12.6. The van der Waals surface area contributed by atoms with Crippen molar-refractivity contribution in [2.45, 2.75) is 19.4 Å². The minimum atomic E-state index is 0.345. The van der Waals surface area contributed by atoms with E-state index in [1.54, 1.807) is 12.1 Å². The lowest BCUT2D eigenvalue weighted by atomic mass is 10.1. The summed E-state index contributed by atoms with van der Waals surface area (Å²) in [5.41, 5.74) is 1.32. The Morgan fingerprint density at radius 1 is 1.11 bits per heavy atom. The summed E-state index contributed by atoms with van der Waals surface area (Å²) in [6.07, 6.45) is 2.68. The molecule has 2 aromatic rings. The Bertz CT molecular complexity index is 473. The molecule has 0 saturated heterocycles. The number of furan rings is 1. The number of rotatable bonds is 7. The van der Waals surface area contributed by atoms with Crippen molar-refractivity contribution in [3.63, 3.8) is 0 Å². The van der Waals surface area contributed by atoms with Gasteiger partial charge in [-0.05, 0) is 30.5 Å². The molecule has 0 N–H and O–H groups in total. The quantitative estimate of drug-likeness (QED) is 0.554. The number of aldehydes is 1. The van der Waals surface area contributed by atoms with Gasteiger partial charge in [-0.1, -0.05) is 30.3 Å². The third-order valence-corrected chi connectivity index (χ3v) is 2.64. The standard InChI is InChI=1S/C15H16O3/c16-11-14-8-9-15(18-14)12-17-10-4-7-13-5-2-1-3-6-13/h1-3,5-6,8-9,11H,4,7,10,12H2. The van der Waals surface area contributed by atoms with Gasteiger partial charge in [0.15, 0.2) is 12.0 Å². The molecule has 0 radical (unpaired) electrons. The van der Waals surface area contributed by atoms with E-state index in [-0.39, 0.29) is 0 Å². The molecule has 0 fully saturated rings. The van der Waals surface area contributed by atoms with Crippen LogP contribution in [0.4, 0.5) is 0 Å². The first-order valence-electron chi connectivity index (χ1n) is 6.04. The summed E-state index contributed by atoms with van der Waals surface area (Å²) < 4.78 is 10.7. The molecule has 0 spiro atoms. The molecule has 18 heavy (non-hydrogen) atoms. The fourth-order valence-electron chi connectivity index (χ4n) is 1.73. The van der Waals surface area contributed by atoms with E-state index >= 15 is 0 Å². The van der Waals surface area contributed by atoms with Crippen LogP contribution in [0.3, 0.4) is 0 Å². The van der Waals surface area contributed by atoms with E-state index in [2.05, 4.69) is 12.1 Å². The number of ether oxygens (including phenoxy) is 1. The normalized spacial score (nSPS) is 10.4. The SMILES string of the molecule is O=Cc1ccc(COCCCc2ccccc2)o1. The molecule has 0 aliphatic rings. The highest BCUT2D eigenvalue weighted by Crippen LogP contribution is 2.08. The van der Waals surface area contributed by atoms with Gasteiger partial charge in [0.05, 0.1) is 0 Å². The van der Waals surface area contributed by atoms with Crippen LogP contribution in [0.25, 0.3) is 0 Å². The first-order valence-corrected chi connectivity index (χ1v) is 6.04. The zero-order valence-corrected chi connectivity index (χ0v) is 10.2. The summed E-state index contributed by atoms with van der Waals surface area (Å²) in [6.45, 7) is 1.11. The highest BCUT2D eigenvalue weighted by Gasteiger charge is 2.00. The van der Waals surface area contributed by atoms with Gasteiger partial charge in [-0.15, -0.1) is 0 Å². The summed E-state index contributed by atoms with van der Waals surface area (Å²) in [4.78, 5) is 10.4. The van der Waals surface area contributed by atoms with Crippen molar-refractivity contribution in [2.24, 2.45) is 0 Å². The van der Waals surface area contributed by atoms with E-state index in [1.165, 1.54) is 5.56 Å². The van der Waals surface area contributed by atoms with Crippen LogP contribution < -0.4 is 0 Å². The first-order chi connectivity index (χ1) is 8.88. The van der Waals surface area contributed by atoms with Crippen molar-refractivity contribution in [3.8, 4) is 0 Å². The second-order valence-electron chi connectivity index (χ2n) is 4.06. The zero-order valence-electron chi connectivity index (χ0n) is 10.2. The van der Waals surface area contributed by atoms with Crippen molar-refractivity contribution in [1.29, 1.82) is 0 Å².